The topological polar surface area (TPSA) is 125 Å². The fourth-order valence-electron chi connectivity index (χ4n) is 4.64. The molecule has 0 aromatic heterocycles. The fraction of sp³-hybridized carbons (Fsp3) is 0.448. The minimum atomic E-state index is -0.866. The second-order valence-corrected chi connectivity index (χ2v) is 10.1. The molecular weight excluding hydrogens is 501 g/mol. The van der Waals surface area contributed by atoms with Crippen LogP contribution < -0.4 is 16.4 Å². The Morgan fingerprint density at radius 3 is 2.28 bits per heavy atom. The van der Waals surface area contributed by atoms with Crippen molar-refractivity contribution < 1.29 is 23.6 Å². The zero-order valence-corrected chi connectivity index (χ0v) is 22.7. The van der Waals surface area contributed by atoms with Gasteiger partial charge in [0.15, 0.2) is 0 Å². The molecule has 3 rings (SSSR count). The third kappa shape index (κ3) is 8.10. The number of halogens is 1. The number of rotatable bonds is 12. The van der Waals surface area contributed by atoms with Crippen molar-refractivity contribution in [3.05, 3.63) is 66.0 Å². The molecule has 2 aromatic rings. The minimum absolute atomic E-state index is 0.270. The molecule has 0 unspecified atom stereocenters. The maximum absolute atomic E-state index is 13.3. The van der Waals surface area contributed by atoms with Crippen LogP contribution in [-0.2, 0) is 25.6 Å². The van der Waals surface area contributed by atoms with E-state index in [2.05, 4.69) is 10.6 Å². The number of hydrogen-bond donors (Lipinski definition) is 3. The van der Waals surface area contributed by atoms with Crippen LogP contribution in [0.1, 0.15) is 39.2 Å². The number of piperazine rings is 1. The van der Waals surface area contributed by atoms with Crippen molar-refractivity contribution in [2.75, 3.05) is 25.0 Å². The van der Waals surface area contributed by atoms with Gasteiger partial charge in [0.2, 0.25) is 11.8 Å². The molecule has 10 heteroatoms. The van der Waals surface area contributed by atoms with Crippen LogP contribution in [-0.4, -0.2) is 71.2 Å². The predicted octanol–water partition coefficient (Wildman–Crippen LogP) is 2.31. The first-order chi connectivity index (χ1) is 18.6. The highest BCUT2D eigenvalue weighted by molar-refractivity contribution is 6.35. The number of nitrogens with two attached hydrogens (primary N) is 1. The lowest BCUT2D eigenvalue weighted by atomic mass is 9.92. The molecule has 210 valence electrons. The summed E-state index contributed by atoms with van der Waals surface area (Å²) in [5.41, 5.74) is 7.99. The molecule has 4 N–H and O–H groups in total. The second kappa shape index (κ2) is 13.8. The summed E-state index contributed by atoms with van der Waals surface area (Å²) in [5, 5.41) is 5.74. The first kappa shape index (κ1) is 29.8. The molecule has 1 heterocycles. The molecule has 4 atom stereocenters. The van der Waals surface area contributed by atoms with E-state index >= 15 is 0 Å². The van der Waals surface area contributed by atoms with Gasteiger partial charge in [-0.15, -0.1) is 0 Å². The van der Waals surface area contributed by atoms with E-state index in [9.17, 15) is 23.6 Å². The van der Waals surface area contributed by atoms with E-state index < -0.39 is 47.6 Å². The number of benzene rings is 2. The van der Waals surface area contributed by atoms with Crippen molar-refractivity contribution in [3.8, 4) is 0 Å². The molecule has 1 fully saturated rings. The maximum Gasteiger partial charge on any atom is 0.312 e. The summed E-state index contributed by atoms with van der Waals surface area (Å²) in [5.74, 6) is -2.87. The van der Waals surface area contributed by atoms with Crippen molar-refractivity contribution in [1.82, 2.24) is 15.1 Å². The van der Waals surface area contributed by atoms with Crippen LogP contribution in [0.2, 0.25) is 0 Å². The summed E-state index contributed by atoms with van der Waals surface area (Å²) in [6.45, 7) is 6.42. The third-order valence-corrected chi connectivity index (χ3v) is 7.01. The molecule has 0 aliphatic carbocycles. The fourth-order valence-corrected chi connectivity index (χ4v) is 4.64. The number of nitrogens with zero attached hydrogens (tertiary/aromatic N) is 2. The third-order valence-electron chi connectivity index (χ3n) is 7.01. The molecule has 2 aromatic carbocycles. The van der Waals surface area contributed by atoms with E-state index in [0.717, 1.165) is 12.0 Å². The van der Waals surface area contributed by atoms with Crippen LogP contribution in [0.3, 0.4) is 0 Å². The van der Waals surface area contributed by atoms with Crippen molar-refractivity contribution in [3.63, 3.8) is 0 Å². The molecule has 0 radical (unpaired) electrons. The molecule has 1 aliphatic heterocycles. The zero-order chi connectivity index (χ0) is 28.5. The highest BCUT2D eigenvalue weighted by Gasteiger charge is 2.37. The van der Waals surface area contributed by atoms with Crippen molar-refractivity contribution >= 4 is 29.3 Å². The van der Waals surface area contributed by atoms with Gasteiger partial charge in [-0.05, 0) is 56.0 Å². The van der Waals surface area contributed by atoms with Crippen LogP contribution in [0.15, 0.2) is 54.6 Å². The van der Waals surface area contributed by atoms with Gasteiger partial charge in [0.25, 0.3) is 0 Å². The monoisotopic (exact) mass is 539 g/mol. The molecule has 39 heavy (non-hydrogen) atoms. The first-order valence-electron chi connectivity index (χ1n) is 13.4. The zero-order valence-electron chi connectivity index (χ0n) is 22.7. The predicted molar refractivity (Wildman–Crippen MR) is 147 cm³/mol. The smallest absolute Gasteiger partial charge is 0.312 e. The summed E-state index contributed by atoms with van der Waals surface area (Å²) in [6, 6.07) is 13.0. The summed E-state index contributed by atoms with van der Waals surface area (Å²) in [6.07, 6.45) is 1.44. The SMILES string of the molecule is CCCN1CCN([C@@H](C)C(=O)N[C@@H](Cc2ccccc2)[C@@H](N)C[C@@H](C)C(=O)Nc2ccc(F)cc2)C(=O)C1=O. The van der Waals surface area contributed by atoms with Crippen LogP contribution in [0.4, 0.5) is 10.1 Å². The van der Waals surface area contributed by atoms with Crippen molar-refractivity contribution in [1.29, 1.82) is 0 Å². The molecule has 0 spiro atoms. The van der Waals surface area contributed by atoms with E-state index in [-0.39, 0.29) is 18.9 Å². The highest BCUT2D eigenvalue weighted by Crippen LogP contribution is 2.17. The van der Waals surface area contributed by atoms with Crippen LogP contribution in [0, 0.1) is 11.7 Å². The lowest BCUT2D eigenvalue weighted by Gasteiger charge is -2.37. The molecule has 0 saturated carbocycles. The Bertz CT molecular complexity index is 1140. The summed E-state index contributed by atoms with van der Waals surface area (Å²) < 4.78 is 13.2. The van der Waals surface area contributed by atoms with Crippen molar-refractivity contribution in [2.24, 2.45) is 11.7 Å². The average Bonchev–Trinajstić information content (AvgIpc) is 2.92. The number of carbonyl (C=O) groups is 4. The molecule has 0 bridgehead atoms. The van der Waals surface area contributed by atoms with Crippen LogP contribution >= 0.6 is 0 Å². The Hall–Kier alpha value is -3.79. The molecule has 4 amide bonds. The number of anilines is 1. The van der Waals surface area contributed by atoms with Gasteiger partial charge in [0.05, 0.1) is 0 Å². The molecule has 1 saturated heterocycles. The average molecular weight is 540 g/mol. The lowest BCUT2D eigenvalue weighted by molar-refractivity contribution is -0.159. The van der Waals surface area contributed by atoms with Gasteiger partial charge in [-0.2, -0.15) is 0 Å². The Morgan fingerprint density at radius 2 is 1.64 bits per heavy atom. The molecule has 9 nitrogen and oxygen atoms in total. The quantitative estimate of drug-likeness (QED) is 0.357. The van der Waals surface area contributed by atoms with E-state index in [1.807, 2.05) is 37.3 Å². The van der Waals surface area contributed by atoms with Crippen LogP contribution in [0.5, 0.6) is 0 Å². The van der Waals surface area contributed by atoms with E-state index in [1.165, 1.54) is 34.1 Å². The number of hydrogen-bond acceptors (Lipinski definition) is 5. The number of carbonyl (C=O) groups excluding carboxylic acids is 4. The Morgan fingerprint density at radius 1 is 0.974 bits per heavy atom. The Labute approximate surface area is 228 Å². The largest absolute Gasteiger partial charge is 0.350 e. The van der Waals surface area contributed by atoms with Gasteiger partial charge in [-0.3, -0.25) is 19.2 Å². The summed E-state index contributed by atoms with van der Waals surface area (Å²) in [4.78, 5) is 54.1. The van der Waals surface area contributed by atoms with Gasteiger partial charge in [-0.1, -0.05) is 44.2 Å². The van der Waals surface area contributed by atoms with Gasteiger partial charge in [0.1, 0.15) is 11.9 Å². The van der Waals surface area contributed by atoms with Gasteiger partial charge in [-0.25, -0.2) is 4.39 Å². The number of amides is 4. The molecule has 1 aliphatic rings. The normalized spacial score (nSPS) is 16.8. The molecular formula is C29H38FN5O4. The first-order valence-corrected chi connectivity index (χ1v) is 13.4. The number of nitrogens with one attached hydrogen (secondary N) is 2. The summed E-state index contributed by atoms with van der Waals surface area (Å²) >= 11 is 0. The van der Waals surface area contributed by atoms with Crippen LogP contribution in [0.25, 0.3) is 0 Å². The summed E-state index contributed by atoms with van der Waals surface area (Å²) in [7, 11) is 0. The van der Waals surface area contributed by atoms with Gasteiger partial charge >= 0.3 is 11.8 Å². The van der Waals surface area contributed by atoms with Crippen molar-refractivity contribution in [2.45, 2.75) is 58.2 Å². The highest BCUT2D eigenvalue weighted by atomic mass is 19.1. The van der Waals surface area contributed by atoms with Gasteiger partial charge < -0.3 is 26.2 Å². The Kier molecular flexibility index (Phi) is 10.6. The Balaban J connectivity index is 1.68. The van der Waals surface area contributed by atoms with E-state index in [1.54, 1.807) is 13.8 Å². The van der Waals surface area contributed by atoms with Gasteiger partial charge in [0, 0.05) is 43.3 Å². The van der Waals surface area contributed by atoms with E-state index in [0.29, 0.717) is 25.2 Å². The van der Waals surface area contributed by atoms with E-state index in [4.69, 9.17) is 5.73 Å². The standard InChI is InChI=1S/C29H38FN5O4/c1-4-14-34-15-16-35(29(39)28(34)38)20(3)27(37)33-25(18-21-8-6-5-7-9-21)24(31)17-19(2)26(36)32-23-12-10-22(30)11-13-23/h5-13,19-20,24-25H,4,14-18,31H2,1-3H3,(H,32,36)(H,33,37)/t19-,20+,24+,25+/m1/s1. The minimum Gasteiger partial charge on any atom is -0.350 e. The lowest BCUT2D eigenvalue weighted by Crippen LogP contribution is -2.61. The maximum atomic E-state index is 13.3. The second-order valence-electron chi connectivity index (χ2n) is 10.1.